The number of aromatic nitrogens is 8. The van der Waals surface area contributed by atoms with Crippen LogP contribution in [0.5, 0.6) is 0 Å². The van der Waals surface area contributed by atoms with Crippen molar-refractivity contribution in [1.82, 2.24) is 39.0 Å². The van der Waals surface area contributed by atoms with Gasteiger partial charge in [0, 0.05) is 60.6 Å². The van der Waals surface area contributed by atoms with Crippen molar-refractivity contribution in [1.29, 1.82) is 21.0 Å². The van der Waals surface area contributed by atoms with Crippen molar-refractivity contribution in [3.63, 3.8) is 0 Å². The molecule has 0 aliphatic rings. The number of rotatable bonds is 14. The normalized spacial score (nSPS) is 11.2. The summed E-state index contributed by atoms with van der Waals surface area (Å²) < 4.78 is 4.64. The summed E-state index contributed by atoms with van der Waals surface area (Å²) in [5, 5.41) is 43.3. The monoisotopic (exact) mass is 1430 g/mol. The molecule has 0 spiro atoms. The van der Waals surface area contributed by atoms with Crippen molar-refractivity contribution < 1.29 is 0 Å². The molecule has 12 heteroatoms. The molecule has 4 heterocycles. The Morgan fingerprint density at radius 3 is 0.795 bits per heavy atom. The van der Waals surface area contributed by atoms with Crippen LogP contribution in [0.25, 0.3) is 190 Å². The largest absolute Gasteiger partial charge is 0.309 e. The lowest BCUT2D eigenvalue weighted by molar-refractivity contribution is 1.06. The maximum absolute atomic E-state index is 9.80. The Balaban J connectivity index is 0.836. The molecule has 0 aliphatic carbocycles. The first kappa shape index (κ1) is 66.6. The first-order chi connectivity index (χ1) is 55.2. The third kappa shape index (κ3) is 12.5. The molecule has 0 aliphatic heterocycles. The minimum Gasteiger partial charge on any atom is -0.309 e. The van der Waals surface area contributed by atoms with Crippen LogP contribution in [-0.4, -0.2) is 39.0 Å². The van der Waals surface area contributed by atoms with Crippen LogP contribution >= 0.6 is 0 Å². The van der Waals surface area contributed by atoms with Gasteiger partial charge in [-0.25, -0.2) is 29.9 Å². The van der Waals surface area contributed by atoms with E-state index >= 15 is 0 Å². The number of fused-ring (bicyclic) bond motifs is 6. The van der Waals surface area contributed by atoms with Crippen LogP contribution in [0, 0.1) is 45.3 Å². The number of nitriles is 4. The van der Waals surface area contributed by atoms with Crippen LogP contribution < -0.4 is 0 Å². The molecule has 0 unspecified atom stereocenters. The third-order valence-electron chi connectivity index (χ3n) is 20.8. The molecular formula is C100H58N12. The number of nitrogens with zero attached hydrogens (tertiary/aromatic N) is 12. The Morgan fingerprint density at radius 2 is 0.446 bits per heavy atom. The van der Waals surface area contributed by atoms with Crippen molar-refractivity contribution in [2.24, 2.45) is 0 Å². The van der Waals surface area contributed by atoms with Crippen molar-refractivity contribution in [3.05, 3.63) is 374 Å². The molecule has 15 aromatic carbocycles. The van der Waals surface area contributed by atoms with E-state index in [2.05, 4.69) is 167 Å². The molecule has 0 atom stereocenters. The molecule has 518 valence electrons. The van der Waals surface area contributed by atoms with Gasteiger partial charge in [-0.05, 0) is 200 Å². The molecule has 0 bridgehead atoms. The topological polar surface area (TPSA) is 182 Å². The highest BCUT2D eigenvalue weighted by Gasteiger charge is 2.25. The lowest BCUT2D eigenvalue weighted by Crippen LogP contribution is -2.04. The second-order valence-corrected chi connectivity index (χ2v) is 27.5. The summed E-state index contributed by atoms with van der Waals surface area (Å²) in [6.45, 7) is 0. The summed E-state index contributed by atoms with van der Waals surface area (Å²) >= 11 is 0. The van der Waals surface area contributed by atoms with Gasteiger partial charge in [0.25, 0.3) is 0 Å². The van der Waals surface area contributed by atoms with E-state index in [0.717, 1.165) is 155 Å². The summed E-state index contributed by atoms with van der Waals surface area (Å²) in [6, 6.07) is 128. The molecule has 0 fully saturated rings. The van der Waals surface area contributed by atoms with Gasteiger partial charge in [-0.15, -0.1) is 0 Å². The van der Waals surface area contributed by atoms with Crippen molar-refractivity contribution in [3.8, 4) is 171 Å². The zero-order chi connectivity index (χ0) is 75.2. The average molecular weight is 1430 g/mol. The van der Waals surface area contributed by atoms with E-state index in [1.54, 1.807) is 0 Å². The molecule has 19 rings (SSSR count). The second-order valence-electron chi connectivity index (χ2n) is 27.5. The first-order valence-electron chi connectivity index (χ1n) is 36.6. The molecule has 0 saturated carbocycles. The molecule has 19 aromatic rings. The predicted octanol–water partition coefficient (Wildman–Crippen LogP) is 23.7. The fraction of sp³-hybridized carbons (Fsp3) is 0. The van der Waals surface area contributed by atoms with Gasteiger partial charge in [-0.3, -0.25) is 0 Å². The van der Waals surface area contributed by atoms with Gasteiger partial charge in [0.2, 0.25) is 0 Å². The molecule has 0 saturated heterocycles. The highest BCUT2D eigenvalue weighted by atomic mass is 15.1. The highest BCUT2D eigenvalue weighted by molar-refractivity contribution is 6.13. The fourth-order valence-corrected chi connectivity index (χ4v) is 15.1. The van der Waals surface area contributed by atoms with E-state index in [1.807, 2.05) is 218 Å². The van der Waals surface area contributed by atoms with Gasteiger partial charge in [0.05, 0.1) is 74.3 Å². The van der Waals surface area contributed by atoms with Crippen LogP contribution in [0.2, 0.25) is 0 Å². The van der Waals surface area contributed by atoms with Crippen molar-refractivity contribution in [2.75, 3.05) is 0 Å². The highest BCUT2D eigenvalue weighted by Crippen LogP contribution is 2.44. The second kappa shape index (κ2) is 28.3. The Labute approximate surface area is 644 Å². The lowest BCUT2D eigenvalue weighted by Gasteiger charge is -2.17. The Morgan fingerprint density at radius 1 is 0.188 bits per heavy atom. The molecule has 0 radical (unpaired) electrons. The van der Waals surface area contributed by atoms with E-state index < -0.39 is 0 Å². The van der Waals surface area contributed by atoms with Gasteiger partial charge in [-0.1, -0.05) is 218 Å². The average Bonchev–Trinajstić information content (AvgIpc) is 1.57. The number of benzene rings is 15. The van der Waals surface area contributed by atoms with E-state index in [-0.39, 0.29) is 0 Å². The summed E-state index contributed by atoms with van der Waals surface area (Å²) in [5.41, 5.74) is 24.3. The zero-order valence-corrected chi connectivity index (χ0v) is 59.9. The predicted molar refractivity (Wildman–Crippen MR) is 446 cm³/mol. The Kier molecular flexibility index (Phi) is 16.8. The Bertz CT molecular complexity index is 6760. The van der Waals surface area contributed by atoms with Gasteiger partial charge in [0.1, 0.15) is 0 Å². The van der Waals surface area contributed by atoms with E-state index in [0.29, 0.717) is 57.2 Å². The summed E-state index contributed by atoms with van der Waals surface area (Å²) in [6.07, 6.45) is 0. The molecule has 112 heavy (non-hydrogen) atoms. The minimum atomic E-state index is 0.470. The number of hydrogen-bond donors (Lipinski definition) is 0. The summed E-state index contributed by atoms with van der Waals surface area (Å²) in [5.74, 6) is 3.07. The SMILES string of the molecule is N#Cc1ccc(-c2ccc3c(c2)c2cc(-c4ccc(C#N)cc4)ccc2n3-c2cc(-c3cccc(-c4ccc(-n5c6ccc(-c7ccc(C#N)cc7)cc6c6cc(-c7ccc(C#N)cc7)ccc65)c(-c5nc(-c6ccccc6)nc(-c6ccccc6)n5)c4)c3)cc(-c3nc(-c4ccccc4)nc(-c4ccccc4)n3)c2)cc1. The van der Waals surface area contributed by atoms with Crippen LogP contribution in [-0.2, 0) is 0 Å². The van der Waals surface area contributed by atoms with Crippen molar-refractivity contribution in [2.45, 2.75) is 0 Å². The van der Waals surface area contributed by atoms with Crippen LogP contribution in [0.3, 0.4) is 0 Å². The maximum atomic E-state index is 9.80. The van der Waals surface area contributed by atoms with Crippen LogP contribution in [0.15, 0.2) is 352 Å². The zero-order valence-electron chi connectivity index (χ0n) is 59.9. The third-order valence-corrected chi connectivity index (χ3v) is 20.8. The lowest BCUT2D eigenvalue weighted by atomic mass is 9.95. The van der Waals surface area contributed by atoms with Crippen molar-refractivity contribution >= 4 is 43.6 Å². The van der Waals surface area contributed by atoms with Gasteiger partial charge in [0.15, 0.2) is 34.9 Å². The minimum absolute atomic E-state index is 0.470. The molecule has 0 amide bonds. The van der Waals surface area contributed by atoms with E-state index in [1.165, 1.54) is 0 Å². The first-order valence-corrected chi connectivity index (χ1v) is 36.6. The summed E-state index contributed by atoms with van der Waals surface area (Å²) in [4.78, 5) is 32.0. The molecule has 12 nitrogen and oxygen atoms in total. The van der Waals surface area contributed by atoms with Crippen LogP contribution in [0.1, 0.15) is 22.3 Å². The smallest absolute Gasteiger partial charge is 0.166 e. The molecular weight excluding hydrogens is 1370 g/mol. The van der Waals surface area contributed by atoms with Gasteiger partial charge >= 0.3 is 0 Å². The van der Waals surface area contributed by atoms with Gasteiger partial charge in [-0.2, -0.15) is 21.0 Å². The molecule has 4 aromatic heterocycles. The van der Waals surface area contributed by atoms with Crippen LogP contribution in [0.4, 0.5) is 0 Å². The Hall–Kier alpha value is -16.1. The quantitative estimate of drug-likeness (QED) is 0.102. The van der Waals surface area contributed by atoms with E-state index in [9.17, 15) is 21.0 Å². The summed E-state index contributed by atoms with van der Waals surface area (Å²) in [7, 11) is 0. The standard InChI is InChI=1S/C100H58N12/c101-59-63-24-32-67(33-25-63)77-40-45-90-85(54-77)86-55-78(68-34-26-64(60-102)27-35-68)41-46-91(86)111(90)84-52-82(51-83(53-84)99-107-95(71-14-5-1-6-15-71)105-96(108-99)72-16-7-2-8-17-72)76-23-13-22-75(50-76)81-44-49-94(89(58-81)100-109-97(73-18-9-3-10-19-73)106-98(110-100)74-20-11-4-12-21-74)112-92-47-42-79(69-36-28-65(61-103)29-37-69)56-87(92)88-57-80(43-48-93(88)112)70-38-30-66(62-104)31-39-70/h1-58H. The van der Waals surface area contributed by atoms with Gasteiger partial charge < -0.3 is 9.13 Å². The fourth-order valence-electron chi connectivity index (χ4n) is 15.1. The number of hydrogen-bond acceptors (Lipinski definition) is 10. The molecule has 0 N–H and O–H groups in total. The maximum Gasteiger partial charge on any atom is 0.166 e. The van der Waals surface area contributed by atoms with E-state index in [4.69, 9.17) is 29.9 Å².